The summed E-state index contributed by atoms with van der Waals surface area (Å²) in [6.45, 7) is 4.37. The number of nitrogens with zero attached hydrogens (tertiary/aromatic N) is 3. The number of anilines is 3. The molecule has 1 saturated heterocycles. The number of aromatic nitrogens is 2. The Morgan fingerprint density at radius 2 is 2.09 bits per heavy atom. The highest BCUT2D eigenvalue weighted by atomic mass is 35.5. The average Bonchev–Trinajstić information content (AvgIpc) is 2.51. The normalized spacial score (nSPS) is 18.3. The molecule has 0 bridgehead atoms. The van der Waals surface area contributed by atoms with Crippen LogP contribution in [0.15, 0.2) is 30.5 Å². The van der Waals surface area contributed by atoms with E-state index in [0.717, 1.165) is 24.6 Å². The number of hydrogen-bond donors (Lipinski definition) is 1. The van der Waals surface area contributed by atoms with Gasteiger partial charge in [0.1, 0.15) is 5.82 Å². The first kappa shape index (κ1) is 15.4. The highest BCUT2D eigenvalue weighted by Crippen LogP contribution is 2.27. The third-order valence-corrected chi connectivity index (χ3v) is 4.54. The van der Waals surface area contributed by atoms with Crippen molar-refractivity contribution in [3.8, 4) is 0 Å². The first-order chi connectivity index (χ1) is 10.6. The van der Waals surface area contributed by atoms with Gasteiger partial charge in [0.15, 0.2) is 0 Å². The van der Waals surface area contributed by atoms with E-state index >= 15 is 0 Å². The molecular weight excluding hydrogens is 319 g/mol. The topological polar surface area (TPSA) is 41.1 Å². The summed E-state index contributed by atoms with van der Waals surface area (Å²) in [7, 11) is 0. The van der Waals surface area contributed by atoms with Gasteiger partial charge in [0.25, 0.3) is 0 Å². The molecule has 1 aromatic carbocycles. The maximum absolute atomic E-state index is 6.03. The van der Waals surface area contributed by atoms with Crippen LogP contribution < -0.4 is 10.2 Å². The molecule has 1 N–H and O–H groups in total. The van der Waals surface area contributed by atoms with E-state index in [2.05, 4.69) is 27.1 Å². The zero-order chi connectivity index (χ0) is 15.5. The van der Waals surface area contributed by atoms with Gasteiger partial charge in [-0.05, 0) is 43.0 Å². The quantitative estimate of drug-likeness (QED) is 0.876. The summed E-state index contributed by atoms with van der Waals surface area (Å²) < 4.78 is 0. The molecule has 3 rings (SSSR count). The number of benzene rings is 1. The Labute approximate surface area is 140 Å². The van der Waals surface area contributed by atoms with Crippen LogP contribution in [0.1, 0.15) is 19.8 Å². The molecule has 1 aliphatic heterocycles. The fraction of sp³-hybridized carbons (Fsp3) is 0.375. The summed E-state index contributed by atoms with van der Waals surface area (Å²) in [5, 5.41) is 4.21. The molecule has 0 radical (unpaired) electrons. The predicted molar refractivity (Wildman–Crippen MR) is 92.4 cm³/mol. The smallest absolute Gasteiger partial charge is 0.229 e. The molecule has 0 saturated carbocycles. The maximum atomic E-state index is 6.03. The Morgan fingerprint density at radius 1 is 1.23 bits per heavy atom. The maximum Gasteiger partial charge on any atom is 0.229 e. The van der Waals surface area contributed by atoms with E-state index in [1.807, 2.05) is 12.1 Å². The Kier molecular flexibility index (Phi) is 4.69. The van der Waals surface area contributed by atoms with Gasteiger partial charge in [-0.15, -0.1) is 0 Å². The Morgan fingerprint density at radius 3 is 2.86 bits per heavy atom. The molecule has 1 unspecified atom stereocenters. The van der Waals surface area contributed by atoms with Gasteiger partial charge < -0.3 is 10.2 Å². The SMILES string of the molecule is CC1CCCN(c2ccnc(Nc3ccc(Cl)c(Cl)c3)n2)C1. The third-order valence-electron chi connectivity index (χ3n) is 3.80. The molecule has 0 amide bonds. The zero-order valence-corrected chi connectivity index (χ0v) is 13.9. The van der Waals surface area contributed by atoms with Gasteiger partial charge in [-0.25, -0.2) is 4.98 Å². The third kappa shape index (κ3) is 3.62. The van der Waals surface area contributed by atoms with Crippen molar-refractivity contribution in [1.82, 2.24) is 9.97 Å². The lowest BCUT2D eigenvalue weighted by Gasteiger charge is -2.31. The van der Waals surface area contributed by atoms with Crippen molar-refractivity contribution in [1.29, 1.82) is 0 Å². The lowest BCUT2D eigenvalue weighted by molar-refractivity contribution is 0.444. The lowest BCUT2D eigenvalue weighted by Crippen LogP contribution is -2.34. The molecule has 2 heterocycles. The molecule has 1 aromatic heterocycles. The van der Waals surface area contributed by atoms with Gasteiger partial charge >= 0.3 is 0 Å². The van der Waals surface area contributed by atoms with E-state index in [-0.39, 0.29) is 0 Å². The number of halogens is 2. The van der Waals surface area contributed by atoms with E-state index in [1.54, 1.807) is 18.3 Å². The highest BCUT2D eigenvalue weighted by Gasteiger charge is 2.17. The minimum absolute atomic E-state index is 0.507. The Bertz CT molecular complexity index is 662. The fourth-order valence-corrected chi connectivity index (χ4v) is 2.98. The zero-order valence-electron chi connectivity index (χ0n) is 12.4. The fourth-order valence-electron chi connectivity index (χ4n) is 2.69. The molecule has 0 aliphatic carbocycles. The number of rotatable bonds is 3. The van der Waals surface area contributed by atoms with Gasteiger partial charge in [-0.3, -0.25) is 0 Å². The number of nitrogens with one attached hydrogen (secondary N) is 1. The summed E-state index contributed by atoms with van der Waals surface area (Å²) in [5.74, 6) is 2.23. The van der Waals surface area contributed by atoms with Crippen LogP contribution in [0.3, 0.4) is 0 Å². The van der Waals surface area contributed by atoms with Crippen LogP contribution in [0.25, 0.3) is 0 Å². The molecule has 116 valence electrons. The molecule has 1 fully saturated rings. The number of piperidine rings is 1. The van der Waals surface area contributed by atoms with Gasteiger partial charge in [0, 0.05) is 25.0 Å². The van der Waals surface area contributed by atoms with E-state index in [0.29, 0.717) is 21.9 Å². The van der Waals surface area contributed by atoms with Gasteiger partial charge in [0.2, 0.25) is 5.95 Å². The van der Waals surface area contributed by atoms with E-state index < -0.39 is 0 Å². The number of hydrogen-bond acceptors (Lipinski definition) is 4. The van der Waals surface area contributed by atoms with Crippen molar-refractivity contribution >= 4 is 40.7 Å². The molecular formula is C16H18Cl2N4. The van der Waals surface area contributed by atoms with Crippen LogP contribution in [-0.4, -0.2) is 23.1 Å². The van der Waals surface area contributed by atoms with Crippen molar-refractivity contribution < 1.29 is 0 Å². The predicted octanol–water partition coefficient (Wildman–Crippen LogP) is 4.76. The van der Waals surface area contributed by atoms with Crippen LogP contribution in [0.5, 0.6) is 0 Å². The second-order valence-electron chi connectivity index (χ2n) is 5.69. The summed E-state index contributed by atoms with van der Waals surface area (Å²) in [6, 6.07) is 7.33. The minimum atomic E-state index is 0.507. The van der Waals surface area contributed by atoms with E-state index in [4.69, 9.17) is 23.2 Å². The molecule has 1 aliphatic rings. The largest absolute Gasteiger partial charge is 0.356 e. The van der Waals surface area contributed by atoms with E-state index in [1.165, 1.54) is 12.8 Å². The summed E-state index contributed by atoms with van der Waals surface area (Å²) >= 11 is 12.0. The summed E-state index contributed by atoms with van der Waals surface area (Å²) in [4.78, 5) is 11.2. The van der Waals surface area contributed by atoms with Crippen molar-refractivity contribution in [3.63, 3.8) is 0 Å². The molecule has 6 heteroatoms. The average molecular weight is 337 g/mol. The second-order valence-corrected chi connectivity index (χ2v) is 6.50. The minimum Gasteiger partial charge on any atom is -0.356 e. The lowest BCUT2D eigenvalue weighted by atomic mass is 10.0. The van der Waals surface area contributed by atoms with Crippen molar-refractivity contribution in [2.24, 2.45) is 5.92 Å². The van der Waals surface area contributed by atoms with Gasteiger partial charge in [0.05, 0.1) is 10.0 Å². The van der Waals surface area contributed by atoms with Crippen molar-refractivity contribution in [3.05, 3.63) is 40.5 Å². The monoisotopic (exact) mass is 336 g/mol. The molecule has 4 nitrogen and oxygen atoms in total. The van der Waals surface area contributed by atoms with Crippen LogP contribution in [0.4, 0.5) is 17.5 Å². The van der Waals surface area contributed by atoms with Crippen LogP contribution in [0, 0.1) is 5.92 Å². The summed E-state index contributed by atoms with van der Waals surface area (Å²) in [5.41, 5.74) is 0.818. The summed E-state index contributed by atoms with van der Waals surface area (Å²) in [6.07, 6.45) is 4.28. The standard InChI is InChI=1S/C16H18Cl2N4/c1-11-3-2-8-22(10-11)15-6-7-19-16(21-15)20-12-4-5-13(17)14(18)9-12/h4-7,9,11H,2-3,8,10H2,1H3,(H,19,20,21). The molecule has 2 aromatic rings. The van der Waals surface area contributed by atoms with Crippen LogP contribution in [-0.2, 0) is 0 Å². The van der Waals surface area contributed by atoms with E-state index in [9.17, 15) is 0 Å². The molecule has 22 heavy (non-hydrogen) atoms. The first-order valence-corrected chi connectivity index (χ1v) is 8.17. The highest BCUT2D eigenvalue weighted by molar-refractivity contribution is 6.42. The Hall–Kier alpha value is -1.52. The Balaban J connectivity index is 1.77. The first-order valence-electron chi connectivity index (χ1n) is 7.42. The second kappa shape index (κ2) is 6.71. The molecule has 1 atom stereocenters. The van der Waals surface area contributed by atoms with Gasteiger partial charge in [-0.2, -0.15) is 4.98 Å². The van der Waals surface area contributed by atoms with Crippen molar-refractivity contribution in [2.45, 2.75) is 19.8 Å². The van der Waals surface area contributed by atoms with Gasteiger partial charge in [-0.1, -0.05) is 30.1 Å². The van der Waals surface area contributed by atoms with Crippen LogP contribution in [0.2, 0.25) is 10.0 Å². The van der Waals surface area contributed by atoms with Crippen LogP contribution >= 0.6 is 23.2 Å². The molecule has 0 spiro atoms. The van der Waals surface area contributed by atoms with Crippen molar-refractivity contribution in [2.75, 3.05) is 23.3 Å².